The topological polar surface area (TPSA) is 52.4 Å². The van der Waals surface area contributed by atoms with Gasteiger partial charge in [0.05, 0.1) is 31.2 Å². The van der Waals surface area contributed by atoms with E-state index in [0.29, 0.717) is 6.04 Å². The number of ether oxygens (including phenoxy) is 2. The average molecular weight is 344 g/mol. The van der Waals surface area contributed by atoms with Crippen LogP contribution in [-0.2, 0) is 13.6 Å². The minimum Gasteiger partial charge on any atom is -0.496 e. The first kappa shape index (κ1) is 17.7. The van der Waals surface area contributed by atoms with Crippen LogP contribution >= 0.6 is 0 Å². The van der Waals surface area contributed by atoms with Gasteiger partial charge in [0, 0.05) is 37.0 Å². The van der Waals surface area contributed by atoms with Crippen molar-refractivity contribution in [2.75, 3.05) is 20.8 Å². The van der Waals surface area contributed by atoms with Gasteiger partial charge in [-0.15, -0.1) is 0 Å². The minimum atomic E-state index is 0.317. The lowest BCUT2D eigenvalue weighted by atomic mass is 10.0. The molecule has 1 aliphatic rings. The molecule has 6 nitrogen and oxygen atoms in total. The molecule has 0 N–H and O–H groups in total. The fourth-order valence-electron chi connectivity index (χ4n) is 4.04. The fraction of sp³-hybridized carbons (Fsp3) is 0.579. The maximum Gasteiger partial charge on any atom is 0.216 e. The highest BCUT2D eigenvalue weighted by Gasteiger charge is 2.32. The maximum atomic E-state index is 5.62. The van der Waals surface area contributed by atoms with Crippen LogP contribution in [0, 0.1) is 20.8 Å². The van der Waals surface area contributed by atoms with Crippen LogP contribution in [0.15, 0.2) is 6.20 Å². The molecule has 1 saturated heterocycles. The molecule has 0 amide bonds. The highest BCUT2D eigenvalue weighted by atomic mass is 16.5. The second-order valence-electron chi connectivity index (χ2n) is 6.81. The summed E-state index contributed by atoms with van der Waals surface area (Å²) in [5, 5.41) is 4.55. The predicted octanol–water partition coefficient (Wildman–Crippen LogP) is 3.09. The van der Waals surface area contributed by atoms with Gasteiger partial charge in [-0.05, 0) is 40.2 Å². The van der Waals surface area contributed by atoms with Gasteiger partial charge in [0.25, 0.3) is 0 Å². The Morgan fingerprint density at radius 1 is 1.20 bits per heavy atom. The molecule has 0 aromatic carbocycles. The average Bonchev–Trinajstić information content (AvgIpc) is 3.13. The SMILES string of the molecule is COc1c(C)cnc(CN2CCCC2c2c(C)nn(C)c2OC)c1C. The Balaban J connectivity index is 1.91. The first-order chi connectivity index (χ1) is 12.0. The van der Waals surface area contributed by atoms with E-state index in [1.807, 2.05) is 24.9 Å². The summed E-state index contributed by atoms with van der Waals surface area (Å²) >= 11 is 0. The minimum absolute atomic E-state index is 0.317. The van der Waals surface area contributed by atoms with E-state index in [1.165, 1.54) is 12.0 Å². The molecule has 0 aliphatic carbocycles. The Bertz CT molecular complexity index is 769. The molecular weight excluding hydrogens is 316 g/mol. The third-order valence-corrected chi connectivity index (χ3v) is 5.21. The third kappa shape index (κ3) is 3.11. The van der Waals surface area contributed by atoms with Crippen LogP contribution < -0.4 is 9.47 Å². The van der Waals surface area contributed by atoms with Crippen LogP contribution in [0.2, 0.25) is 0 Å². The normalized spacial score (nSPS) is 17.9. The number of methoxy groups -OCH3 is 2. The Morgan fingerprint density at radius 2 is 1.96 bits per heavy atom. The first-order valence-corrected chi connectivity index (χ1v) is 8.78. The molecule has 3 heterocycles. The van der Waals surface area contributed by atoms with E-state index in [4.69, 9.17) is 9.47 Å². The van der Waals surface area contributed by atoms with Crippen molar-refractivity contribution < 1.29 is 9.47 Å². The van der Waals surface area contributed by atoms with Crippen molar-refractivity contribution in [2.24, 2.45) is 7.05 Å². The summed E-state index contributed by atoms with van der Waals surface area (Å²) < 4.78 is 13.0. The number of likely N-dealkylation sites (tertiary alicyclic amines) is 1. The van der Waals surface area contributed by atoms with Crippen LogP contribution in [-0.4, -0.2) is 40.4 Å². The lowest BCUT2D eigenvalue weighted by Crippen LogP contribution is -2.24. The summed E-state index contributed by atoms with van der Waals surface area (Å²) in [6.07, 6.45) is 4.19. The van der Waals surface area contributed by atoms with Gasteiger partial charge in [0.2, 0.25) is 5.88 Å². The van der Waals surface area contributed by atoms with Gasteiger partial charge in [0.15, 0.2) is 0 Å². The van der Waals surface area contributed by atoms with Crippen LogP contribution in [0.25, 0.3) is 0 Å². The van der Waals surface area contributed by atoms with E-state index in [2.05, 4.69) is 28.8 Å². The summed E-state index contributed by atoms with van der Waals surface area (Å²) in [6, 6.07) is 0.317. The van der Waals surface area contributed by atoms with Crippen molar-refractivity contribution in [1.82, 2.24) is 19.7 Å². The van der Waals surface area contributed by atoms with Gasteiger partial charge in [0.1, 0.15) is 5.75 Å². The van der Waals surface area contributed by atoms with Gasteiger partial charge >= 0.3 is 0 Å². The molecule has 136 valence electrons. The van der Waals surface area contributed by atoms with E-state index in [-0.39, 0.29) is 0 Å². The second kappa shape index (κ2) is 7.04. The van der Waals surface area contributed by atoms with Crippen LogP contribution in [0.5, 0.6) is 11.6 Å². The lowest BCUT2D eigenvalue weighted by molar-refractivity contribution is 0.237. The van der Waals surface area contributed by atoms with Crippen LogP contribution in [0.4, 0.5) is 0 Å². The van der Waals surface area contributed by atoms with Gasteiger partial charge in [-0.1, -0.05) is 0 Å². The predicted molar refractivity (Wildman–Crippen MR) is 97.1 cm³/mol. The zero-order valence-electron chi connectivity index (χ0n) is 16.1. The Hall–Kier alpha value is -2.08. The molecular formula is C19H28N4O2. The molecule has 2 aromatic rings. The van der Waals surface area contributed by atoms with Crippen molar-refractivity contribution in [2.45, 2.75) is 46.2 Å². The smallest absolute Gasteiger partial charge is 0.216 e. The van der Waals surface area contributed by atoms with Gasteiger partial charge in [-0.2, -0.15) is 5.10 Å². The quantitative estimate of drug-likeness (QED) is 0.834. The van der Waals surface area contributed by atoms with E-state index in [9.17, 15) is 0 Å². The maximum absolute atomic E-state index is 5.62. The molecule has 0 bridgehead atoms. The lowest BCUT2D eigenvalue weighted by Gasteiger charge is -2.25. The summed E-state index contributed by atoms with van der Waals surface area (Å²) in [6.45, 7) is 8.05. The number of hydrogen-bond acceptors (Lipinski definition) is 5. The molecule has 0 spiro atoms. The number of nitrogens with zero attached hydrogens (tertiary/aromatic N) is 4. The molecule has 1 unspecified atom stereocenters. The fourth-order valence-corrected chi connectivity index (χ4v) is 4.04. The molecule has 1 atom stereocenters. The zero-order valence-corrected chi connectivity index (χ0v) is 16.1. The Labute approximate surface area is 149 Å². The van der Waals surface area contributed by atoms with Crippen molar-refractivity contribution in [3.8, 4) is 11.6 Å². The van der Waals surface area contributed by atoms with Gasteiger partial charge in [-0.25, -0.2) is 4.68 Å². The van der Waals surface area contributed by atoms with Crippen molar-refractivity contribution in [3.63, 3.8) is 0 Å². The second-order valence-corrected chi connectivity index (χ2v) is 6.81. The molecule has 3 rings (SSSR count). The first-order valence-electron chi connectivity index (χ1n) is 8.78. The van der Waals surface area contributed by atoms with Crippen molar-refractivity contribution in [3.05, 3.63) is 34.3 Å². The molecule has 0 saturated carbocycles. The molecule has 6 heteroatoms. The van der Waals surface area contributed by atoms with Crippen LogP contribution in [0.3, 0.4) is 0 Å². The molecule has 1 fully saturated rings. The zero-order chi connectivity index (χ0) is 18.1. The number of rotatable bonds is 5. The number of aryl methyl sites for hydroxylation is 3. The molecule has 0 radical (unpaired) electrons. The number of aromatic nitrogens is 3. The molecule has 25 heavy (non-hydrogen) atoms. The third-order valence-electron chi connectivity index (χ3n) is 5.21. The van der Waals surface area contributed by atoms with Crippen molar-refractivity contribution in [1.29, 1.82) is 0 Å². The Kier molecular flexibility index (Phi) is 4.99. The monoisotopic (exact) mass is 344 g/mol. The summed E-state index contributed by atoms with van der Waals surface area (Å²) in [5.41, 5.74) is 5.53. The highest BCUT2D eigenvalue weighted by Crippen LogP contribution is 2.40. The molecule has 1 aliphatic heterocycles. The van der Waals surface area contributed by atoms with E-state index in [0.717, 1.165) is 53.7 Å². The standard InChI is InChI=1S/C19H28N4O2/c1-12-10-20-15(13(2)18(12)24-5)11-23-9-7-8-16(23)17-14(3)21-22(4)19(17)25-6/h10,16H,7-9,11H2,1-6H3. The van der Waals surface area contributed by atoms with Crippen LogP contribution in [0.1, 0.15) is 47.0 Å². The molecule has 2 aromatic heterocycles. The summed E-state index contributed by atoms with van der Waals surface area (Å²) in [4.78, 5) is 7.16. The summed E-state index contributed by atoms with van der Waals surface area (Å²) in [5.74, 6) is 1.80. The Morgan fingerprint density at radius 3 is 2.64 bits per heavy atom. The number of hydrogen-bond donors (Lipinski definition) is 0. The largest absolute Gasteiger partial charge is 0.496 e. The van der Waals surface area contributed by atoms with Crippen molar-refractivity contribution >= 4 is 0 Å². The van der Waals surface area contributed by atoms with E-state index < -0.39 is 0 Å². The van der Waals surface area contributed by atoms with Gasteiger partial charge < -0.3 is 9.47 Å². The van der Waals surface area contributed by atoms with Gasteiger partial charge in [-0.3, -0.25) is 9.88 Å². The summed E-state index contributed by atoms with van der Waals surface area (Å²) in [7, 11) is 5.38. The van der Waals surface area contributed by atoms with E-state index >= 15 is 0 Å². The highest BCUT2D eigenvalue weighted by molar-refractivity contribution is 5.41. The van der Waals surface area contributed by atoms with E-state index in [1.54, 1.807) is 14.2 Å². The number of pyridine rings is 1.